The molecule has 0 fully saturated rings. The molecule has 19 heteroatoms. The van der Waals surface area contributed by atoms with E-state index >= 15 is 0 Å². The van der Waals surface area contributed by atoms with Gasteiger partial charge in [-0.1, -0.05) is 126 Å². The van der Waals surface area contributed by atoms with E-state index in [9.17, 15) is 38.4 Å². The first-order valence-electron chi connectivity index (χ1n) is 33.7. The number of nitrogens with zero attached hydrogens (tertiary/aromatic N) is 4. The van der Waals surface area contributed by atoms with Gasteiger partial charge in [-0.25, -0.2) is 0 Å². The molecule has 0 spiro atoms. The first kappa shape index (κ1) is 66.0. The Hall–Kier alpha value is -8.52. The lowest BCUT2D eigenvalue weighted by Crippen LogP contribution is -2.26. The molecule has 0 radical (unpaired) electrons. The molecule has 15 rings (SSSR count). The van der Waals surface area contributed by atoms with E-state index in [2.05, 4.69) is 24.3 Å². The second-order valence-electron chi connectivity index (χ2n) is 24.5. The molecule has 9 heterocycles. The summed E-state index contributed by atoms with van der Waals surface area (Å²) in [6.45, 7) is 6.39. The van der Waals surface area contributed by atoms with E-state index in [1.165, 1.54) is 42.5 Å². The minimum atomic E-state index is -0.422. The normalized spacial score (nSPS) is 17.2. The lowest BCUT2D eigenvalue weighted by molar-refractivity contribution is 0.00512. The molecule has 0 amide bonds. The van der Waals surface area contributed by atoms with E-state index in [1.807, 2.05) is 48.5 Å². The standard InChI is InChI=1S/C40H44N4O8.C34H40O7/c45-33-25-21-29-30-22-26(25)34(46)41(33)17-13-9-5-1-2-6-10-14-18-42-35(47)27-23-31-32(24-28(27)36(42)48)40(52)44(39(31)51)20-16-12-8-4-3-7-11-15-19-43(37(29)49)38(30)50;1-2-4-18-39-32-14-6-12-30-28(32)10-8-16-34(30)41-26-24-37-22-20-35-19-21-36-23-25-40-33-15-7-9-27-29(33)11-5-13-31(27)38-17-3-1/h21-24H,1-20H2;5-16H,1-4,17-26H2. The monoisotopic (exact) mass is 1270 g/mol. The summed E-state index contributed by atoms with van der Waals surface area (Å²) in [5.41, 5.74) is -3.38. The molecule has 0 aliphatic carbocycles. The summed E-state index contributed by atoms with van der Waals surface area (Å²) in [6.07, 6.45) is 17.6. The number of rotatable bonds is 0. The Labute approximate surface area is 537 Å². The van der Waals surface area contributed by atoms with Crippen LogP contribution >= 0.6 is 0 Å². The highest BCUT2D eigenvalue weighted by Gasteiger charge is 2.22. The fraction of sp³-hybridized carbons (Fsp3) is 0.459. The van der Waals surface area contributed by atoms with Crippen molar-refractivity contribution < 1.29 is 33.2 Å². The molecule has 0 atom stereocenters. The fourth-order valence-electron chi connectivity index (χ4n) is 13.1. The topological polar surface area (TPSA) is 221 Å². The molecular formula is C74H84N4O15. The van der Waals surface area contributed by atoms with Crippen molar-refractivity contribution in [1.29, 1.82) is 0 Å². The van der Waals surface area contributed by atoms with E-state index in [-0.39, 0.29) is 69.3 Å². The maximum Gasteiger partial charge on any atom is 0.261 e. The molecule has 93 heavy (non-hydrogen) atoms. The molecule has 0 saturated heterocycles. The van der Waals surface area contributed by atoms with Crippen LogP contribution in [0, 0.1) is 0 Å². The summed E-state index contributed by atoms with van der Waals surface area (Å²) >= 11 is 0. The van der Waals surface area contributed by atoms with E-state index in [0.29, 0.717) is 91.8 Å². The maximum absolute atomic E-state index is 13.2. The van der Waals surface area contributed by atoms with Crippen LogP contribution in [0.3, 0.4) is 0 Å². The average molecular weight is 1270 g/mol. The van der Waals surface area contributed by atoms with E-state index < -0.39 is 44.5 Å². The second kappa shape index (κ2) is 32.4. The molecule has 6 aromatic carbocycles. The van der Waals surface area contributed by atoms with Crippen LogP contribution < -0.4 is 63.4 Å². The van der Waals surface area contributed by atoms with Crippen LogP contribution in [-0.2, 0) is 40.4 Å². The molecule has 20 bridgehead atoms. The summed E-state index contributed by atoms with van der Waals surface area (Å²) in [4.78, 5) is 105. The summed E-state index contributed by atoms with van der Waals surface area (Å²) in [5.74, 6) is 3.44. The molecule has 5 aliphatic heterocycles. The highest BCUT2D eigenvalue weighted by Crippen LogP contribution is 2.34. The average Bonchev–Trinajstić information content (AvgIpc) is 1.60. The Bertz CT molecular complexity index is 4010. The van der Waals surface area contributed by atoms with Gasteiger partial charge in [-0.2, -0.15) is 0 Å². The molecule has 0 unspecified atom stereocenters. The van der Waals surface area contributed by atoms with E-state index in [1.54, 1.807) is 0 Å². The van der Waals surface area contributed by atoms with Crippen LogP contribution in [0.1, 0.15) is 128 Å². The third-order valence-electron chi connectivity index (χ3n) is 18.1. The third kappa shape index (κ3) is 15.6. The summed E-state index contributed by atoms with van der Waals surface area (Å²) < 4.78 is 46.2. The molecule has 10 aromatic rings. The van der Waals surface area contributed by atoms with Crippen molar-refractivity contribution in [2.75, 3.05) is 66.1 Å². The number of hydrogen-bond donors (Lipinski definition) is 0. The lowest BCUT2D eigenvalue weighted by Gasteiger charge is -2.13. The van der Waals surface area contributed by atoms with Crippen molar-refractivity contribution in [1.82, 2.24) is 18.3 Å². The van der Waals surface area contributed by atoms with Crippen LogP contribution in [-0.4, -0.2) is 84.3 Å². The smallest absolute Gasteiger partial charge is 0.261 e. The maximum atomic E-state index is 13.2. The third-order valence-corrected chi connectivity index (χ3v) is 18.1. The predicted octanol–water partition coefficient (Wildman–Crippen LogP) is 10.9. The quantitative estimate of drug-likeness (QED) is 0.138. The zero-order valence-electron chi connectivity index (χ0n) is 53.2. The van der Waals surface area contributed by atoms with Gasteiger partial charge in [0.1, 0.15) is 36.2 Å². The van der Waals surface area contributed by atoms with Gasteiger partial charge in [0.25, 0.3) is 44.5 Å². The van der Waals surface area contributed by atoms with Gasteiger partial charge < -0.3 is 33.2 Å². The van der Waals surface area contributed by atoms with Crippen molar-refractivity contribution in [3.05, 3.63) is 180 Å². The van der Waals surface area contributed by atoms with Crippen LogP contribution in [0.2, 0.25) is 0 Å². The first-order chi connectivity index (χ1) is 45.6. The summed E-state index contributed by atoms with van der Waals surface area (Å²) in [6, 6.07) is 30.1. The molecule has 19 nitrogen and oxygen atoms in total. The molecule has 4 aromatic heterocycles. The van der Waals surface area contributed by atoms with Gasteiger partial charge in [0.2, 0.25) is 0 Å². The zero-order valence-corrected chi connectivity index (χ0v) is 53.2. The second-order valence-corrected chi connectivity index (χ2v) is 24.5. The van der Waals surface area contributed by atoms with E-state index in [4.69, 9.17) is 33.2 Å². The largest absolute Gasteiger partial charge is 0.493 e. The fourth-order valence-corrected chi connectivity index (χ4v) is 13.1. The van der Waals surface area contributed by atoms with Gasteiger partial charge in [0.15, 0.2) is 0 Å². The van der Waals surface area contributed by atoms with Gasteiger partial charge in [-0.05, 0) is 99.9 Å². The Balaban J connectivity index is 0.000000196. The highest BCUT2D eigenvalue weighted by atomic mass is 16.6. The minimum Gasteiger partial charge on any atom is -0.493 e. The van der Waals surface area contributed by atoms with Crippen LogP contribution in [0.4, 0.5) is 0 Å². The highest BCUT2D eigenvalue weighted by molar-refractivity contribution is 5.99. The molecule has 5 aliphatic rings. The van der Waals surface area contributed by atoms with Gasteiger partial charge in [-0.15, -0.1) is 0 Å². The summed E-state index contributed by atoms with van der Waals surface area (Å²) in [7, 11) is 0. The summed E-state index contributed by atoms with van der Waals surface area (Å²) in [5, 5.41) is 5.66. The number of aromatic nitrogens is 4. The Kier molecular flexibility index (Phi) is 22.9. The van der Waals surface area contributed by atoms with Crippen LogP contribution in [0.5, 0.6) is 23.0 Å². The predicted molar refractivity (Wildman–Crippen MR) is 364 cm³/mol. The van der Waals surface area contributed by atoms with Crippen molar-refractivity contribution >= 4 is 64.6 Å². The molecule has 0 N–H and O–H groups in total. The number of hydrogen-bond acceptors (Lipinski definition) is 15. The lowest BCUT2D eigenvalue weighted by atomic mass is 10.1. The van der Waals surface area contributed by atoms with Crippen molar-refractivity contribution in [3.8, 4) is 23.0 Å². The van der Waals surface area contributed by atoms with Crippen molar-refractivity contribution in [2.24, 2.45) is 0 Å². The van der Waals surface area contributed by atoms with Crippen LogP contribution in [0.15, 0.2) is 135 Å². The zero-order chi connectivity index (χ0) is 64.5. The van der Waals surface area contributed by atoms with E-state index in [0.717, 1.165) is 147 Å². The molecule has 490 valence electrons. The number of benzene rings is 6. The van der Waals surface area contributed by atoms with Crippen LogP contribution in [0.25, 0.3) is 64.6 Å². The SMILES string of the molecule is O=c1c2cc3c(=O)n4c(=O)c3cc2c(=O)n1CCCCCCCCCCn1c(=O)c2cc3c(=O)n(c(=O)c3cc2c1=O)CCCCCCCCCC4.c1cc2c3cccc(c3c1)OCCCCCCOc1cccc3c(cccc13)OCCOCCOCCOCCO2. The number of ether oxygens (including phenoxy) is 7. The Morgan fingerprint density at radius 1 is 0.204 bits per heavy atom. The molecular weight excluding hydrogens is 1180 g/mol. The Morgan fingerprint density at radius 2 is 0.398 bits per heavy atom. The van der Waals surface area contributed by atoms with Gasteiger partial charge in [0, 0.05) is 47.7 Å². The van der Waals surface area contributed by atoms with Gasteiger partial charge in [-0.3, -0.25) is 56.6 Å². The van der Waals surface area contributed by atoms with Gasteiger partial charge in [0.05, 0.1) is 95.9 Å². The minimum absolute atomic E-state index is 0.183. The Morgan fingerprint density at radius 3 is 0.634 bits per heavy atom. The van der Waals surface area contributed by atoms with Gasteiger partial charge >= 0.3 is 0 Å². The van der Waals surface area contributed by atoms with Crippen molar-refractivity contribution in [3.63, 3.8) is 0 Å². The molecule has 0 saturated carbocycles. The first-order valence-corrected chi connectivity index (χ1v) is 33.7. The van der Waals surface area contributed by atoms with Crippen molar-refractivity contribution in [2.45, 2.75) is 155 Å².